The van der Waals surface area contributed by atoms with Gasteiger partial charge in [0.1, 0.15) is 18.9 Å². The number of alkyl halides is 4. The molecule has 0 unspecified atom stereocenters. The summed E-state index contributed by atoms with van der Waals surface area (Å²) in [6, 6.07) is 3.16. The molecule has 2 aromatic rings. The van der Waals surface area contributed by atoms with E-state index in [4.69, 9.17) is 4.52 Å². The Labute approximate surface area is 109 Å². The van der Waals surface area contributed by atoms with E-state index in [1.807, 2.05) is 0 Å². The third-order valence-electron chi connectivity index (χ3n) is 2.11. The Bertz CT molecular complexity index is 549. The molecular formula is C10H8F4N4O2. The molecule has 0 aromatic carbocycles. The third-order valence-corrected chi connectivity index (χ3v) is 2.11. The average molecular weight is 292 g/mol. The lowest BCUT2D eigenvalue weighted by Gasteiger charge is -2.13. The average Bonchev–Trinajstić information content (AvgIpc) is 2.88. The van der Waals surface area contributed by atoms with E-state index in [-0.39, 0.29) is 11.7 Å². The standard InChI is InChI=1S/C10H8F4N4O2/c11-9(12)10(13,14)5-19-4-7-16-8(18-20-7)6-2-1-3-15-17-6/h1-3,9H,4-5H2. The van der Waals surface area contributed by atoms with Crippen molar-refractivity contribution in [3.05, 3.63) is 24.2 Å². The van der Waals surface area contributed by atoms with Gasteiger partial charge in [0.25, 0.3) is 5.89 Å². The van der Waals surface area contributed by atoms with E-state index in [9.17, 15) is 17.6 Å². The normalized spacial score (nSPS) is 12.1. The lowest BCUT2D eigenvalue weighted by Crippen LogP contribution is -2.32. The van der Waals surface area contributed by atoms with Crippen molar-refractivity contribution >= 4 is 0 Å². The van der Waals surface area contributed by atoms with Gasteiger partial charge in [0.2, 0.25) is 5.82 Å². The molecule has 0 atom stereocenters. The molecule has 2 aromatic heterocycles. The first-order valence-corrected chi connectivity index (χ1v) is 5.33. The topological polar surface area (TPSA) is 73.9 Å². The lowest BCUT2D eigenvalue weighted by atomic mass is 10.4. The molecule has 10 heteroatoms. The van der Waals surface area contributed by atoms with E-state index < -0.39 is 25.6 Å². The Kier molecular flexibility index (Phi) is 4.23. The van der Waals surface area contributed by atoms with Gasteiger partial charge in [0, 0.05) is 6.20 Å². The van der Waals surface area contributed by atoms with E-state index >= 15 is 0 Å². The molecule has 0 amide bonds. The second-order valence-corrected chi connectivity index (χ2v) is 3.68. The van der Waals surface area contributed by atoms with Crippen LogP contribution < -0.4 is 0 Å². The van der Waals surface area contributed by atoms with Crippen LogP contribution in [0.3, 0.4) is 0 Å². The number of nitrogens with zero attached hydrogens (tertiary/aromatic N) is 4. The number of hydrogen-bond acceptors (Lipinski definition) is 6. The lowest BCUT2D eigenvalue weighted by molar-refractivity contribution is -0.169. The van der Waals surface area contributed by atoms with Crippen LogP contribution in [0, 0.1) is 0 Å². The summed E-state index contributed by atoms with van der Waals surface area (Å²) in [6.07, 6.45) is -2.35. The molecule has 2 rings (SSSR count). The molecule has 6 nitrogen and oxygen atoms in total. The molecule has 0 bridgehead atoms. The summed E-state index contributed by atoms with van der Waals surface area (Å²) in [6.45, 7) is -1.94. The van der Waals surface area contributed by atoms with Gasteiger partial charge in [-0.3, -0.25) is 0 Å². The van der Waals surface area contributed by atoms with Crippen molar-refractivity contribution in [2.45, 2.75) is 19.0 Å². The molecule has 20 heavy (non-hydrogen) atoms. The quantitative estimate of drug-likeness (QED) is 0.757. The van der Waals surface area contributed by atoms with Crippen molar-refractivity contribution < 1.29 is 26.8 Å². The molecule has 0 aliphatic heterocycles. The molecular weight excluding hydrogens is 284 g/mol. The van der Waals surface area contributed by atoms with Crippen molar-refractivity contribution in [3.63, 3.8) is 0 Å². The van der Waals surface area contributed by atoms with Crippen LogP contribution in [0.1, 0.15) is 5.89 Å². The monoisotopic (exact) mass is 292 g/mol. The summed E-state index contributed by atoms with van der Waals surface area (Å²) in [5, 5.41) is 10.8. The van der Waals surface area contributed by atoms with Crippen LogP contribution in [0.4, 0.5) is 17.6 Å². The number of aromatic nitrogens is 4. The molecule has 0 aliphatic rings. The van der Waals surface area contributed by atoms with Gasteiger partial charge in [0.05, 0.1) is 0 Å². The van der Waals surface area contributed by atoms with Gasteiger partial charge in [-0.05, 0) is 12.1 Å². The van der Waals surface area contributed by atoms with Gasteiger partial charge >= 0.3 is 12.3 Å². The largest absolute Gasteiger partial charge is 0.365 e. The second-order valence-electron chi connectivity index (χ2n) is 3.68. The van der Waals surface area contributed by atoms with Crippen LogP contribution in [0.5, 0.6) is 0 Å². The van der Waals surface area contributed by atoms with Crippen LogP contribution in [0.15, 0.2) is 22.9 Å². The maximum Gasteiger partial charge on any atom is 0.330 e. The Hall–Kier alpha value is -2.10. The van der Waals surface area contributed by atoms with Crippen LogP contribution in [-0.2, 0) is 11.3 Å². The molecule has 0 fully saturated rings. The van der Waals surface area contributed by atoms with Crippen LogP contribution >= 0.6 is 0 Å². The minimum atomic E-state index is -4.21. The SMILES string of the molecule is FC(F)C(F)(F)COCc1nc(-c2cccnn2)no1. The van der Waals surface area contributed by atoms with Gasteiger partial charge in [-0.2, -0.15) is 18.9 Å². The molecule has 2 heterocycles. The minimum absolute atomic E-state index is 0.0947. The van der Waals surface area contributed by atoms with Crippen molar-refractivity contribution in [3.8, 4) is 11.5 Å². The Morgan fingerprint density at radius 2 is 2.15 bits per heavy atom. The highest BCUT2D eigenvalue weighted by molar-refractivity contribution is 5.46. The molecule has 0 aliphatic carbocycles. The zero-order chi connectivity index (χ0) is 14.6. The Morgan fingerprint density at radius 1 is 1.35 bits per heavy atom. The Morgan fingerprint density at radius 3 is 2.80 bits per heavy atom. The van der Waals surface area contributed by atoms with Crippen LogP contribution in [0.2, 0.25) is 0 Å². The van der Waals surface area contributed by atoms with Gasteiger partial charge in [-0.25, -0.2) is 8.78 Å². The first kappa shape index (κ1) is 14.3. The zero-order valence-electron chi connectivity index (χ0n) is 9.84. The second kappa shape index (κ2) is 5.90. The maximum absolute atomic E-state index is 12.6. The van der Waals surface area contributed by atoms with Crippen molar-refractivity contribution in [1.29, 1.82) is 0 Å². The highest BCUT2D eigenvalue weighted by Crippen LogP contribution is 2.23. The van der Waals surface area contributed by atoms with Gasteiger partial charge < -0.3 is 9.26 Å². The van der Waals surface area contributed by atoms with Crippen LogP contribution in [0.25, 0.3) is 11.5 Å². The number of ether oxygens (including phenoxy) is 1. The summed E-state index contributed by atoms with van der Waals surface area (Å²) in [4.78, 5) is 3.81. The third kappa shape index (κ3) is 3.47. The van der Waals surface area contributed by atoms with E-state index in [0.717, 1.165) is 0 Å². The highest BCUT2D eigenvalue weighted by Gasteiger charge is 2.41. The molecule has 0 N–H and O–H groups in total. The fourth-order valence-corrected chi connectivity index (χ4v) is 1.18. The molecule has 108 valence electrons. The Balaban J connectivity index is 1.91. The van der Waals surface area contributed by atoms with Gasteiger partial charge in [-0.1, -0.05) is 5.16 Å². The van der Waals surface area contributed by atoms with Crippen molar-refractivity contribution in [2.24, 2.45) is 0 Å². The molecule has 0 spiro atoms. The maximum atomic E-state index is 12.6. The number of rotatable bonds is 6. The van der Waals surface area contributed by atoms with Crippen molar-refractivity contribution in [1.82, 2.24) is 20.3 Å². The van der Waals surface area contributed by atoms with E-state index in [1.165, 1.54) is 6.20 Å². The highest BCUT2D eigenvalue weighted by atomic mass is 19.3. The zero-order valence-corrected chi connectivity index (χ0v) is 9.84. The van der Waals surface area contributed by atoms with Crippen LogP contribution in [-0.4, -0.2) is 39.3 Å². The predicted molar refractivity (Wildman–Crippen MR) is 55.9 cm³/mol. The first-order chi connectivity index (χ1) is 9.49. The summed E-state index contributed by atoms with van der Waals surface area (Å²) >= 11 is 0. The smallest absolute Gasteiger partial charge is 0.330 e. The number of halogens is 4. The summed E-state index contributed by atoms with van der Waals surface area (Å²) < 4.78 is 58.0. The van der Waals surface area contributed by atoms with Gasteiger partial charge in [-0.15, -0.1) is 5.10 Å². The summed E-state index contributed by atoms with van der Waals surface area (Å²) in [5.74, 6) is -4.25. The van der Waals surface area contributed by atoms with E-state index in [1.54, 1.807) is 12.1 Å². The summed E-state index contributed by atoms with van der Waals surface area (Å²) in [7, 11) is 0. The first-order valence-electron chi connectivity index (χ1n) is 5.33. The van der Waals surface area contributed by atoms with Crippen molar-refractivity contribution in [2.75, 3.05) is 6.61 Å². The molecule has 0 saturated heterocycles. The minimum Gasteiger partial charge on any atom is -0.365 e. The van der Waals surface area contributed by atoms with E-state index in [2.05, 4.69) is 25.1 Å². The van der Waals surface area contributed by atoms with E-state index in [0.29, 0.717) is 5.69 Å². The predicted octanol–water partition coefficient (Wildman–Crippen LogP) is 1.94. The van der Waals surface area contributed by atoms with Gasteiger partial charge in [0.15, 0.2) is 0 Å². The fourth-order valence-electron chi connectivity index (χ4n) is 1.18. The molecule has 0 saturated carbocycles. The summed E-state index contributed by atoms with van der Waals surface area (Å²) in [5.41, 5.74) is 0.320. The molecule has 0 radical (unpaired) electrons. The fraction of sp³-hybridized carbons (Fsp3) is 0.400. The number of hydrogen-bond donors (Lipinski definition) is 0.